The van der Waals surface area contributed by atoms with Gasteiger partial charge < -0.3 is 10.4 Å². The molecule has 0 aromatic heterocycles. The van der Waals surface area contributed by atoms with Gasteiger partial charge in [-0.25, -0.2) is 4.79 Å². The highest BCUT2D eigenvalue weighted by atomic mass is 16.4. The van der Waals surface area contributed by atoms with E-state index in [4.69, 9.17) is 5.11 Å². The van der Waals surface area contributed by atoms with E-state index >= 15 is 0 Å². The molecule has 112 valence electrons. The molecule has 2 aromatic carbocycles. The maximum Gasteiger partial charge on any atom is 0.337 e. The number of rotatable bonds is 5. The lowest BCUT2D eigenvalue weighted by Gasteiger charge is -2.06. The van der Waals surface area contributed by atoms with Gasteiger partial charge in [-0.1, -0.05) is 30.3 Å². The van der Waals surface area contributed by atoms with Gasteiger partial charge in [-0.2, -0.15) is 0 Å². The molecule has 2 N–H and O–H groups in total. The van der Waals surface area contributed by atoms with Crippen LogP contribution in [-0.4, -0.2) is 22.7 Å². The third-order valence-electron chi connectivity index (χ3n) is 2.92. The molecule has 2 rings (SSSR count). The van der Waals surface area contributed by atoms with Crippen LogP contribution in [0, 0.1) is 0 Å². The van der Waals surface area contributed by atoms with Crippen molar-refractivity contribution in [3.8, 4) is 0 Å². The Labute approximate surface area is 128 Å². The zero-order valence-electron chi connectivity index (χ0n) is 12.1. The van der Waals surface area contributed by atoms with Crippen LogP contribution in [0.4, 0.5) is 11.4 Å². The molecule has 0 aliphatic carbocycles. The zero-order valence-corrected chi connectivity index (χ0v) is 12.1. The summed E-state index contributed by atoms with van der Waals surface area (Å²) < 4.78 is 0. The molecule has 0 bridgehead atoms. The second-order valence-corrected chi connectivity index (χ2v) is 4.76. The topological polar surface area (TPSA) is 78.8 Å². The van der Waals surface area contributed by atoms with Gasteiger partial charge in [0.15, 0.2) is 0 Å². The van der Waals surface area contributed by atoms with Gasteiger partial charge in [-0.3, -0.25) is 9.79 Å². The molecular formula is C17H16N2O3. The summed E-state index contributed by atoms with van der Waals surface area (Å²) in [6.07, 6.45) is 0.100. The first-order chi connectivity index (χ1) is 10.6. The van der Waals surface area contributed by atoms with E-state index in [9.17, 15) is 9.59 Å². The maximum atomic E-state index is 11.9. The molecule has 22 heavy (non-hydrogen) atoms. The number of carbonyl (C=O) groups excluding carboxylic acids is 1. The molecule has 0 atom stereocenters. The van der Waals surface area contributed by atoms with Gasteiger partial charge in [0.05, 0.1) is 17.7 Å². The molecule has 0 fully saturated rings. The number of hydrogen-bond donors (Lipinski definition) is 2. The Hall–Kier alpha value is -2.95. The molecule has 0 aliphatic heterocycles. The largest absolute Gasteiger partial charge is 0.478 e. The Bertz CT molecular complexity index is 709. The van der Waals surface area contributed by atoms with Gasteiger partial charge in [-0.05, 0) is 31.2 Å². The minimum absolute atomic E-state index is 0.100. The molecule has 2 aromatic rings. The number of aliphatic imine (C=N–C) groups is 1. The van der Waals surface area contributed by atoms with Gasteiger partial charge in [-0.15, -0.1) is 0 Å². The fourth-order valence-corrected chi connectivity index (χ4v) is 1.96. The fraction of sp³-hybridized carbons (Fsp3) is 0.118. The number of carboxylic acids is 1. The van der Waals surface area contributed by atoms with E-state index in [0.717, 1.165) is 0 Å². The molecule has 0 saturated heterocycles. The molecule has 0 aliphatic rings. The van der Waals surface area contributed by atoms with Crippen molar-refractivity contribution in [3.63, 3.8) is 0 Å². The van der Waals surface area contributed by atoms with Crippen molar-refractivity contribution in [1.82, 2.24) is 0 Å². The zero-order chi connectivity index (χ0) is 15.9. The Morgan fingerprint density at radius 2 is 1.68 bits per heavy atom. The van der Waals surface area contributed by atoms with Crippen molar-refractivity contribution in [2.45, 2.75) is 13.3 Å². The highest BCUT2D eigenvalue weighted by Gasteiger charge is 2.09. The first kappa shape index (κ1) is 15.4. The average molecular weight is 296 g/mol. The Balaban J connectivity index is 2.07. The Kier molecular flexibility index (Phi) is 5.03. The lowest BCUT2D eigenvalue weighted by molar-refractivity contribution is -0.115. The summed E-state index contributed by atoms with van der Waals surface area (Å²) in [7, 11) is 0. The standard InChI is InChI=1S/C17H16N2O3/c1-12(11-16(20)19-13-7-3-2-4-8-13)18-15-10-6-5-9-14(15)17(21)22/h2-10H,11H2,1H3,(H,19,20)(H,21,22). The number of benzene rings is 2. The number of para-hydroxylation sites is 2. The summed E-state index contributed by atoms with van der Waals surface area (Å²) >= 11 is 0. The van der Waals surface area contributed by atoms with Crippen molar-refractivity contribution >= 4 is 29.0 Å². The van der Waals surface area contributed by atoms with E-state index in [-0.39, 0.29) is 17.9 Å². The lowest BCUT2D eigenvalue weighted by Crippen LogP contribution is -2.14. The van der Waals surface area contributed by atoms with Crippen molar-refractivity contribution in [3.05, 3.63) is 60.2 Å². The SMILES string of the molecule is CC(CC(=O)Nc1ccccc1)=Nc1ccccc1C(=O)O. The number of anilines is 1. The number of amides is 1. The van der Waals surface area contributed by atoms with Crippen molar-refractivity contribution < 1.29 is 14.7 Å². The third-order valence-corrected chi connectivity index (χ3v) is 2.92. The number of carbonyl (C=O) groups is 2. The van der Waals surface area contributed by atoms with Crippen molar-refractivity contribution in [2.24, 2.45) is 4.99 Å². The predicted molar refractivity (Wildman–Crippen MR) is 85.9 cm³/mol. The van der Waals surface area contributed by atoms with E-state index in [0.29, 0.717) is 17.1 Å². The summed E-state index contributed by atoms with van der Waals surface area (Å²) in [6.45, 7) is 1.70. The van der Waals surface area contributed by atoms with Crippen LogP contribution in [0.3, 0.4) is 0 Å². The first-order valence-corrected chi connectivity index (χ1v) is 6.77. The van der Waals surface area contributed by atoms with Crippen molar-refractivity contribution in [2.75, 3.05) is 5.32 Å². The minimum Gasteiger partial charge on any atom is -0.478 e. The van der Waals surface area contributed by atoms with E-state index in [1.807, 2.05) is 18.2 Å². The molecule has 1 amide bonds. The Morgan fingerprint density at radius 3 is 2.36 bits per heavy atom. The van der Waals surface area contributed by atoms with E-state index in [1.54, 1.807) is 37.3 Å². The normalized spacial score (nSPS) is 11.0. The fourth-order valence-electron chi connectivity index (χ4n) is 1.96. The maximum absolute atomic E-state index is 11.9. The highest BCUT2D eigenvalue weighted by molar-refractivity contribution is 6.06. The number of carboxylic acid groups (broad SMARTS) is 1. The van der Waals surface area contributed by atoms with Crippen LogP contribution < -0.4 is 5.32 Å². The molecule has 0 heterocycles. The number of hydrogen-bond acceptors (Lipinski definition) is 3. The monoisotopic (exact) mass is 296 g/mol. The van der Waals surface area contributed by atoms with Gasteiger partial charge in [0, 0.05) is 11.4 Å². The number of nitrogens with zero attached hydrogens (tertiary/aromatic N) is 1. The smallest absolute Gasteiger partial charge is 0.337 e. The van der Waals surface area contributed by atoms with E-state index in [1.165, 1.54) is 6.07 Å². The quantitative estimate of drug-likeness (QED) is 0.829. The van der Waals surface area contributed by atoms with Crippen LogP contribution in [-0.2, 0) is 4.79 Å². The molecule has 5 heteroatoms. The molecular weight excluding hydrogens is 280 g/mol. The van der Waals surface area contributed by atoms with E-state index < -0.39 is 5.97 Å². The second kappa shape index (κ2) is 7.17. The van der Waals surface area contributed by atoms with Crippen LogP contribution in [0.2, 0.25) is 0 Å². The third kappa shape index (κ3) is 4.28. The molecule has 0 unspecified atom stereocenters. The summed E-state index contributed by atoms with van der Waals surface area (Å²) in [5, 5.41) is 11.9. The van der Waals surface area contributed by atoms with Crippen molar-refractivity contribution in [1.29, 1.82) is 0 Å². The molecule has 0 spiro atoms. The number of nitrogens with one attached hydrogen (secondary N) is 1. The molecule has 0 saturated carbocycles. The van der Waals surface area contributed by atoms with Crippen LogP contribution in [0.1, 0.15) is 23.7 Å². The van der Waals surface area contributed by atoms with Crippen LogP contribution in [0.5, 0.6) is 0 Å². The number of aromatic carboxylic acids is 1. The van der Waals surface area contributed by atoms with Gasteiger partial charge in [0.2, 0.25) is 5.91 Å². The van der Waals surface area contributed by atoms with Gasteiger partial charge in [0.25, 0.3) is 0 Å². The van der Waals surface area contributed by atoms with Crippen LogP contribution in [0.25, 0.3) is 0 Å². The first-order valence-electron chi connectivity index (χ1n) is 6.77. The van der Waals surface area contributed by atoms with E-state index in [2.05, 4.69) is 10.3 Å². The summed E-state index contributed by atoms with van der Waals surface area (Å²) in [5.41, 5.74) is 1.72. The second-order valence-electron chi connectivity index (χ2n) is 4.76. The molecule has 0 radical (unpaired) electrons. The summed E-state index contributed by atoms with van der Waals surface area (Å²) in [6, 6.07) is 15.6. The summed E-state index contributed by atoms with van der Waals surface area (Å²) in [4.78, 5) is 27.3. The predicted octanol–water partition coefficient (Wildman–Crippen LogP) is 3.51. The average Bonchev–Trinajstić information content (AvgIpc) is 2.48. The van der Waals surface area contributed by atoms with Crippen LogP contribution >= 0.6 is 0 Å². The minimum atomic E-state index is -1.04. The Morgan fingerprint density at radius 1 is 1.05 bits per heavy atom. The molecule has 5 nitrogen and oxygen atoms in total. The lowest BCUT2D eigenvalue weighted by atomic mass is 10.1. The highest BCUT2D eigenvalue weighted by Crippen LogP contribution is 2.19. The summed E-state index contributed by atoms with van der Waals surface area (Å²) in [5.74, 6) is -1.24. The van der Waals surface area contributed by atoms with Gasteiger partial charge in [0.1, 0.15) is 0 Å². The van der Waals surface area contributed by atoms with Gasteiger partial charge >= 0.3 is 5.97 Å². The van der Waals surface area contributed by atoms with Crippen LogP contribution in [0.15, 0.2) is 59.6 Å².